The van der Waals surface area contributed by atoms with Crippen molar-refractivity contribution in [1.82, 2.24) is 5.32 Å². The van der Waals surface area contributed by atoms with Crippen LogP contribution in [0.3, 0.4) is 0 Å². The summed E-state index contributed by atoms with van der Waals surface area (Å²) in [6.45, 7) is 0.283. The molecule has 0 unspecified atom stereocenters. The van der Waals surface area contributed by atoms with Crippen LogP contribution in [0, 0.1) is 0 Å². The molecule has 1 atom stereocenters. The summed E-state index contributed by atoms with van der Waals surface area (Å²) in [5.41, 5.74) is 2.03. The molecule has 0 aromatic heterocycles. The van der Waals surface area contributed by atoms with Crippen molar-refractivity contribution in [2.75, 3.05) is 14.2 Å². The van der Waals surface area contributed by atoms with Crippen LogP contribution in [-0.4, -0.2) is 26.1 Å². The molecule has 0 aliphatic heterocycles. The Morgan fingerprint density at radius 2 is 1.60 bits per heavy atom. The fourth-order valence-electron chi connectivity index (χ4n) is 2.95. The van der Waals surface area contributed by atoms with Gasteiger partial charge in [0.2, 0.25) is 5.91 Å². The fraction of sp³-hybridized carbons (Fsp3) is 0.167. The van der Waals surface area contributed by atoms with E-state index in [1.54, 1.807) is 12.1 Å². The Balaban J connectivity index is 1.77. The van der Waals surface area contributed by atoms with E-state index in [0.29, 0.717) is 11.3 Å². The molecule has 154 valence electrons. The van der Waals surface area contributed by atoms with Gasteiger partial charge in [-0.2, -0.15) is 0 Å². The maximum atomic E-state index is 13.1. The lowest BCUT2D eigenvalue weighted by molar-refractivity contribution is -0.120. The van der Waals surface area contributed by atoms with Crippen LogP contribution in [0.1, 0.15) is 26.7 Å². The highest BCUT2D eigenvalue weighted by atomic mass is 32.2. The first kappa shape index (κ1) is 21.5. The van der Waals surface area contributed by atoms with E-state index in [1.807, 2.05) is 66.7 Å². The van der Waals surface area contributed by atoms with Crippen LogP contribution in [0.25, 0.3) is 0 Å². The Morgan fingerprint density at radius 3 is 2.23 bits per heavy atom. The van der Waals surface area contributed by atoms with Crippen LogP contribution in [0.4, 0.5) is 0 Å². The number of amides is 1. The van der Waals surface area contributed by atoms with Crippen molar-refractivity contribution in [2.45, 2.75) is 16.7 Å². The number of hydrogen-bond donors (Lipinski definition) is 1. The summed E-state index contributed by atoms with van der Waals surface area (Å²) in [5, 5.41) is 2.59. The van der Waals surface area contributed by atoms with Gasteiger partial charge in [0.15, 0.2) is 0 Å². The van der Waals surface area contributed by atoms with E-state index in [1.165, 1.54) is 26.0 Å². The van der Waals surface area contributed by atoms with Gasteiger partial charge in [0.05, 0.1) is 14.2 Å². The lowest BCUT2D eigenvalue weighted by atomic mass is 10.1. The van der Waals surface area contributed by atoms with Gasteiger partial charge in [-0.05, 0) is 35.4 Å². The van der Waals surface area contributed by atoms with Crippen LogP contribution in [-0.2, 0) is 16.1 Å². The van der Waals surface area contributed by atoms with Crippen LogP contribution < -0.4 is 10.1 Å². The van der Waals surface area contributed by atoms with Gasteiger partial charge in [-0.25, -0.2) is 4.79 Å². The number of esters is 1. The van der Waals surface area contributed by atoms with E-state index in [2.05, 4.69) is 5.32 Å². The highest BCUT2D eigenvalue weighted by Gasteiger charge is 2.22. The largest absolute Gasteiger partial charge is 0.496 e. The molecule has 0 saturated carbocycles. The number of carbonyl (C=O) groups excluding carboxylic acids is 2. The van der Waals surface area contributed by atoms with E-state index >= 15 is 0 Å². The maximum absolute atomic E-state index is 13.1. The minimum atomic E-state index is -0.484. The summed E-state index contributed by atoms with van der Waals surface area (Å²) in [7, 11) is 2.82. The predicted octanol–water partition coefficient (Wildman–Crippen LogP) is 4.63. The zero-order valence-electron chi connectivity index (χ0n) is 16.8. The summed E-state index contributed by atoms with van der Waals surface area (Å²) in [5.74, 6) is -0.161. The summed E-state index contributed by atoms with van der Waals surface area (Å²) in [6, 6.07) is 24.7. The number of carbonyl (C=O) groups is 2. The third-order valence-corrected chi connectivity index (χ3v) is 5.74. The summed E-state index contributed by atoms with van der Waals surface area (Å²) in [6.07, 6.45) is 0. The second-order valence-corrected chi connectivity index (χ2v) is 7.64. The molecule has 0 saturated heterocycles. The zero-order valence-corrected chi connectivity index (χ0v) is 17.6. The normalized spacial score (nSPS) is 11.4. The topological polar surface area (TPSA) is 64.6 Å². The van der Waals surface area contributed by atoms with Gasteiger partial charge in [-0.15, -0.1) is 11.8 Å². The number of methoxy groups -OCH3 is 2. The van der Waals surface area contributed by atoms with Crippen LogP contribution >= 0.6 is 11.8 Å². The van der Waals surface area contributed by atoms with Gasteiger partial charge in [0.25, 0.3) is 0 Å². The molecular formula is C24H23NO4S. The van der Waals surface area contributed by atoms with Crippen LogP contribution in [0.2, 0.25) is 0 Å². The fourth-order valence-corrected chi connectivity index (χ4v) is 4.02. The van der Waals surface area contributed by atoms with Crippen molar-refractivity contribution in [3.05, 3.63) is 95.6 Å². The minimum Gasteiger partial charge on any atom is -0.496 e. The molecule has 3 aromatic carbocycles. The standard InChI is InChI=1S/C24H23NO4S/c1-28-21-14-13-17(15-20(21)24(27)29-2)16-25-23(26)22(18-9-5-3-6-10-18)30-19-11-7-4-8-12-19/h3-15,22H,16H2,1-2H3,(H,25,26)/t22-/m0/s1. The summed E-state index contributed by atoms with van der Waals surface area (Å²) >= 11 is 1.50. The van der Waals surface area contributed by atoms with E-state index in [-0.39, 0.29) is 12.5 Å². The van der Waals surface area contributed by atoms with Crippen LogP contribution in [0.5, 0.6) is 5.75 Å². The molecule has 3 rings (SSSR count). The Labute approximate surface area is 180 Å². The average Bonchev–Trinajstić information content (AvgIpc) is 2.81. The van der Waals surface area contributed by atoms with Crippen molar-refractivity contribution in [1.29, 1.82) is 0 Å². The minimum absolute atomic E-state index is 0.106. The maximum Gasteiger partial charge on any atom is 0.341 e. The highest BCUT2D eigenvalue weighted by Crippen LogP contribution is 2.35. The number of hydrogen-bond acceptors (Lipinski definition) is 5. The second kappa shape index (κ2) is 10.5. The summed E-state index contributed by atoms with van der Waals surface area (Å²) in [4.78, 5) is 26.1. The van der Waals surface area contributed by atoms with E-state index in [0.717, 1.165) is 16.0 Å². The second-order valence-electron chi connectivity index (χ2n) is 6.47. The number of ether oxygens (including phenoxy) is 2. The van der Waals surface area contributed by atoms with Gasteiger partial charge in [-0.1, -0.05) is 54.6 Å². The van der Waals surface area contributed by atoms with Gasteiger partial charge in [0.1, 0.15) is 16.6 Å². The summed E-state index contributed by atoms with van der Waals surface area (Å²) < 4.78 is 10.0. The molecule has 0 bridgehead atoms. The SMILES string of the molecule is COC(=O)c1cc(CNC(=O)[C@@H](Sc2ccccc2)c2ccccc2)ccc1OC. The third-order valence-electron chi connectivity index (χ3n) is 4.47. The molecule has 6 heteroatoms. The van der Waals surface area contributed by atoms with E-state index < -0.39 is 11.2 Å². The Bertz CT molecular complexity index is 993. The molecule has 3 aromatic rings. The first-order chi connectivity index (χ1) is 14.6. The Morgan fingerprint density at radius 1 is 0.933 bits per heavy atom. The molecule has 5 nitrogen and oxygen atoms in total. The molecule has 0 heterocycles. The lowest BCUT2D eigenvalue weighted by Gasteiger charge is -2.17. The van der Waals surface area contributed by atoms with Gasteiger partial charge >= 0.3 is 5.97 Å². The molecule has 0 aliphatic rings. The Hall–Kier alpha value is -3.25. The van der Waals surface area contributed by atoms with Gasteiger partial charge < -0.3 is 14.8 Å². The monoisotopic (exact) mass is 421 g/mol. The number of rotatable bonds is 8. The first-order valence-corrected chi connectivity index (χ1v) is 10.3. The molecule has 30 heavy (non-hydrogen) atoms. The molecular weight excluding hydrogens is 398 g/mol. The molecule has 1 amide bonds. The predicted molar refractivity (Wildman–Crippen MR) is 118 cm³/mol. The Kier molecular flexibility index (Phi) is 7.51. The molecule has 0 aliphatic carbocycles. The molecule has 0 fully saturated rings. The van der Waals surface area contributed by atoms with Crippen molar-refractivity contribution < 1.29 is 19.1 Å². The lowest BCUT2D eigenvalue weighted by Crippen LogP contribution is -2.27. The van der Waals surface area contributed by atoms with Crippen LogP contribution in [0.15, 0.2) is 83.8 Å². The van der Waals surface area contributed by atoms with Gasteiger partial charge in [-0.3, -0.25) is 4.79 Å². The first-order valence-electron chi connectivity index (χ1n) is 9.42. The molecule has 0 radical (unpaired) electrons. The third kappa shape index (κ3) is 5.42. The number of nitrogens with one attached hydrogen (secondary N) is 1. The number of thioether (sulfide) groups is 1. The van der Waals surface area contributed by atoms with Crippen molar-refractivity contribution >= 4 is 23.6 Å². The molecule has 0 spiro atoms. The van der Waals surface area contributed by atoms with E-state index in [4.69, 9.17) is 9.47 Å². The van der Waals surface area contributed by atoms with Crippen molar-refractivity contribution in [3.8, 4) is 5.75 Å². The molecule has 1 N–H and O–H groups in total. The van der Waals surface area contributed by atoms with Crippen molar-refractivity contribution in [3.63, 3.8) is 0 Å². The quantitative estimate of drug-likeness (QED) is 0.424. The highest BCUT2D eigenvalue weighted by molar-refractivity contribution is 8.00. The number of benzene rings is 3. The smallest absolute Gasteiger partial charge is 0.341 e. The zero-order chi connectivity index (χ0) is 21.3. The average molecular weight is 422 g/mol. The van der Waals surface area contributed by atoms with E-state index in [9.17, 15) is 9.59 Å². The van der Waals surface area contributed by atoms with Crippen molar-refractivity contribution in [2.24, 2.45) is 0 Å². The van der Waals surface area contributed by atoms with Gasteiger partial charge in [0, 0.05) is 11.4 Å².